The molecular formula is C32H33NO6. The minimum absolute atomic E-state index is 0.0435. The monoisotopic (exact) mass is 527 g/mol. The van der Waals surface area contributed by atoms with E-state index in [1.54, 1.807) is 30.2 Å². The van der Waals surface area contributed by atoms with E-state index >= 15 is 0 Å². The molecule has 4 aromatic rings. The lowest BCUT2D eigenvalue weighted by molar-refractivity contribution is 0.0971. The van der Waals surface area contributed by atoms with Crippen LogP contribution in [0.3, 0.4) is 0 Å². The van der Waals surface area contributed by atoms with Crippen molar-refractivity contribution in [3.05, 3.63) is 93.3 Å². The first-order valence-electron chi connectivity index (χ1n) is 13.4. The highest BCUT2D eigenvalue weighted by molar-refractivity contribution is 6.10. The van der Waals surface area contributed by atoms with E-state index in [0.29, 0.717) is 58.2 Å². The lowest BCUT2D eigenvalue weighted by Gasteiger charge is -2.26. The van der Waals surface area contributed by atoms with Gasteiger partial charge in [0.1, 0.15) is 11.3 Å². The van der Waals surface area contributed by atoms with Crippen molar-refractivity contribution < 1.29 is 23.4 Å². The predicted octanol–water partition coefficient (Wildman–Crippen LogP) is 6.83. The predicted molar refractivity (Wildman–Crippen MR) is 151 cm³/mol. The summed E-state index contributed by atoms with van der Waals surface area (Å²) >= 11 is 0. The summed E-state index contributed by atoms with van der Waals surface area (Å²) in [6, 6.07) is 17.5. The molecule has 3 aromatic carbocycles. The van der Waals surface area contributed by atoms with E-state index < -0.39 is 6.04 Å². The van der Waals surface area contributed by atoms with E-state index in [9.17, 15) is 9.59 Å². The molecule has 7 nitrogen and oxygen atoms in total. The third-order valence-corrected chi connectivity index (χ3v) is 6.95. The highest BCUT2D eigenvalue weighted by atomic mass is 16.5. The minimum atomic E-state index is -0.728. The van der Waals surface area contributed by atoms with Crippen LogP contribution in [0.2, 0.25) is 0 Å². The van der Waals surface area contributed by atoms with Crippen LogP contribution in [0.1, 0.15) is 66.4 Å². The summed E-state index contributed by atoms with van der Waals surface area (Å²) < 4.78 is 23.5. The second-order valence-electron chi connectivity index (χ2n) is 9.65. The van der Waals surface area contributed by atoms with Gasteiger partial charge in [-0.2, -0.15) is 0 Å². The maximum atomic E-state index is 14.0. The number of unbranched alkanes of at least 4 members (excludes halogenated alkanes) is 2. The Bertz CT molecular complexity index is 1570. The van der Waals surface area contributed by atoms with Gasteiger partial charge in [0.2, 0.25) is 5.76 Å². The van der Waals surface area contributed by atoms with Crippen molar-refractivity contribution in [2.24, 2.45) is 0 Å². The Labute approximate surface area is 227 Å². The van der Waals surface area contributed by atoms with Gasteiger partial charge in [-0.05, 0) is 62.2 Å². The van der Waals surface area contributed by atoms with Crippen LogP contribution < -0.4 is 24.5 Å². The highest BCUT2D eigenvalue weighted by Gasteiger charge is 2.44. The van der Waals surface area contributed by atoms with E-state index in [1.165, 1.54) is 0 Å². The van der Waals surface area contributed by atoms with Gasteiger partial charge in [-0.25, -0.2) is 0 Å². The fourth-order valence-corrected chi connectivity index (χ4v) is 5.05. The van der Waals surface area contributed by atoms with Gasteiger partial charge in [0.05, 0.1) is 37.3 Å². The van der Waals surface area contributed by atoms with E-state index in [0.717, 1.165) is 24.8 Å². The maximum absolute atomic E-state index is 14.0. The molecule has 0 fully saturated rings. The maximum Gasteiger partial charge on any atom is 0.295 e. The molecule has 5 rings (SSSR count). The first kappa shape index (κ1) is 26.4. The number of nitrogens with zero attached hydrogens (tertiary/aromatic N) is 1. The molecule has 0 bridgehead atoms. The molecule has 1 aromatic heterocycles. The zero-order valence-corrected chi connectivity index (χ0v) is 22.8. The zero-order chi connectivity index (χ0) is 27.5. The van der Waals surface area contributed by atoms with E-state index in [1.807, 2.05) is 56.3 Å². The molecular weight excluding hydrogens is 494 g/mol. The van der Waals surface area contributed by atoms with E-state index in [-0.39, 0.29) is 17.1 Å². The number of rotatable bonds is 10. The van der Waals surface area contributed by atoms with Crippen LogP contribution in [-0.4, -0.2) is 26.2 Å². The number of aryl methyl sites for hydroxylation is 1. The van der Waals surface area contributed by atoms with E-state index in [4.69, 9.17) is 18.6 Å². The number of hydrogen-bond acceptors (Lipinski definition) is 6. The molecule has 0 radical (unpaired) electrons. The SMILES string of the molecule is CCCCCOc1ccc(C2c3c(oc4ccc(C)cc4c3=O)C(=O)N2c2cccc(OC)c2)cc1OCC. The number of ether oxygens (including phenoxy) is 3. The number of carbonyl (C=O) groups is 1. The van der Waals surface area contributed by atoms with Crippen molar-refractivity contribution in [1.29, 1.82) is 0 Å². The summed E-state index contributed by atoms with van der Waals surface area (Å²) in [5.74, 6) is 1.46. The molecule has 1 aliphatic heterocycles. The van der Waals surface area contributed by atoms with E-state index in [2.05, 4.69) is 6.92 Å². The minimum Gasteiger partial charge on any atom is -0.497 e. The van der Waals surface area contributed by atoms with Gasteiger partial charge in [0, 0.05) is 11.8 Å². The molecule has 0 spiro atoms. The second-order valence-corrected chi connectivity index (χ2v) is 9.65. The molecule has 202 valence electrons. The molecule has 1 aliphatic rings. The summed E-state index contributed by atoms with van der Waals surface area (Å²) in [6.07, 6.45) is 3.14. The molecule has 0 N–H and O–H groups in total. The number of fused-ring (bicyclic) bond motifs is 2. The van der Waals surface area contributed by atoms with Crippen molar-refractivity contribution >= 4 is 22.6 Å². The van der Waals surface area contributed by atoms with Crippen molar-refractivity contribution in [1.82, 2.24) is 0 Å². The highest BCUT2D eigenvalue weighted by Crippen LogP contribution is 2.44. The third-order valence-electron chi connectivity index (χ3n) is 6.95. The molecule has 0 saturated carbocycles. The van der Waals surface area contributed by atoms with Crippen molar-refractivity contribution in [3.8, 4) is 17.2 Å². The molecule has 0 aliphatic carbocycles. The third kappa shape index (κ3) is 4.97. The van der Waals surface area contributed by atoms with Gasteiger partial charge < -0.3 is 18.6 Å². The summed E-state index contributed by atoms with van der Waals surface area (Å²) in [6.45, 7) is 7.01. The lowest BCUT2D eigenvalue weighted by Crippen LogP contribution is -2.29. The Balaban J connectivity index is 1.69. The molecule has 0 saturated heterocycles. The Morgan fingerprint density at radius 2 is 1.77 bits per heavy atom. The van der Waals surface area contributed by atoms with Gasteiger partial charge >= 0.3 is 0 Å². The Morgan fingerprint density at radius 1 is 0.923 bits per heavy atom. The van der Waals surface area contributed by atoms with Gasteiger partial charge in [0.15, 0.2) is 16.9 Å². The summed E-state index contributed by atoms with van der Waals surface area (Å²) in [4.78, 5) is 29.5. The first-order chi connectivity index (χ1) is 19.0. The fraction of sp³-hybridized carbons (Fsp3) is 0.312. The number of anilines is 1. The standard InChI is InChI=1S/C32H33NO6/c1-5-7-8-16-38-26-15-13-21(18-27(26)37-6-2)29-28-30(34)24-17-20(3)12-14-25(24)39-31(28)32(35)33(29)22-10-9-11-23(19-22)36-4/h9-15,17-19,29H,5-8,16H2,1-4H3. The number of carbonyl (C=O) groups excluding carboxylic acids is 1. The average Bonchev–Trinajstić information content (AvgIpc) is 3.24. The lowest BCUT2D eigenvalue weighted by atomic mass is 9.97. The molecule has 1 atom stereocenters. The number of amides is 1. The first-order valence-corrected chi connectivity index (χ1v) is 13.4. The largest absolute Gasteiger partial charge is 0.497 e. The van der Waals surface area contributed by atoms with Crippen LogP contribution >= 0.6 is 0 Å². The Kier molecular flexibility index (Phi) is 7.59. The van der Waals surface area contributed by atoms with Crippen LogP contribution in [0.25, 0.3) is 11.0 Å². The second kappa shape index (κ2) is 11.2. The van der Waals surface area contributed by atoms with Gasteiger partial charge in [-0.1, -0.05) is 43.5 Å². The molecule has 39 heavy (non-hydrogen) atoms. The van der Waals surface area contributed by atoms with Crippen LogP contribution in [0.15, 0.2) is 69.9 Å². The van der Waals surface area contributed by atoms with Crippen LogP contribution in [0.4, 0.5) is 5.69 Å². The molecule has 1 unspecified atom stereocenters. The summed E-state index contributed by atoms with van der Waals surface area (Å²) in [7, 11) is 1.57. The number of methoxy groups -OCH3 is 1. The van der Waals surface area contributed by atoms with Crippen molar-refractivity contribution in [3.63, 3.8) is 0 Å². The van der Waals surface area contributed by atoms with Gasteiger partial charge in [-0.15, -0.1) is 0 Å². The topological polar surface area (TPSA) is 78.2 Å². The smallest absolute Gasteiger partial charge is 0.295 e. The van der Waals surface area contributed by atoms with Crippen LogP contribution in [0, 0.1) is 6.92 Å². The van der Waals surface area contributed by atoms with Crippen molar-refractivity contribution in [2.75, 3.05) is 25.2 Å². The summed E-state index contributed by atoms with van der Waals surface area (Å²) in [5, 5.41) is 0.444. The molecule has 7 heteroatoms. The number of hydrogen-bond donors (Lipinski definition) is 0. The van der Waals surface area contributed by atoms with Gasteiger partial charge in [-0.3, -0.25) is 14.5 Å². The molecule has 2 heterocycles. The Morgan fingerprint density at radius 3 is 2.54 bits per heavy atom. The quantitative estimate of drug-likeness (QED) is 0.210. The number of benzene rings is 3. The Hall–Kier alpha value is -4.26. The zero-order valence-electron chi connectivity index (χ0n) is 22.8. The van der Waals surface area contributed by atoms with Gasteiger partial charge in [0.25, 0.3) is 5.91 Å². The molecule has 1 amide bonds. The van der Waals surface area contributed by atoms with Crippen molar-refractivity contribution in [2.45, 2.75) is 46.1 Å². The van der Waals surface area contributed by atoms with Crippen LogP contribution in [-0.2, 0) is 0 Å². The van der Waals surface area contributed by atoms with Crippen LogP contribution in [0.5, 0.6) is 17.2 Å². The summed E-state index contributed by atoms with van der Waals surface area (Å²) in [5.41, 5.74) is 2.71. The normalized spacial score (nSPS) is 14.5. The average molecular weight is 528 g/mol. The fourth-order valence-electron chi connectivity index (χ4n) is 5.05.